The molecule has 102 valence electrons. The molecular weight excluding hydrogens is 234 g/mol. The number of nitrogens with two attached hydrogens (primary N) is 1. The monoisotopic (exact) mass is 255 g/mol. The number of rotatable bonds is 6. The molecule has 0 saturated heterocycles. The number of aryl methyl sites for hydroxylation is 1. The molecule has 0 aliphatic carbocycles. The first-order chi connectivity index (χ1) is 8.28. The number of nitrogens with zero attached hydrogens (tertiary/aromatic N) is 2. The first kappa shape index (κ1) is 14.7. The van der Waals surface area contributed by atoms with E-state index >= 15 is 0 Å². The molecule has 1 aromatic heterocycles. The molecule has 6 heteroatoms. The maximum Gasteiger partial charge on any atom is 0.270 e. The fraction of sp³-hybridized carbons (Fsp3) is 0.667. The number of aliphatic hydroxyl groups is 1. The minimum Gasteiger partial charge on any atom is -0.490 e. The van der Waals surface area contributed by atoms with E-state index in [0.29, 0.717) is 25.3 Å². The van der Waals surface area contributed by atoms with Crippen molar-refractivity contribution in [2.24, 2.45) is 5.73 Å². The molecule has 0 aromatic carbocycles. The summed E-state index contributed by atoms with van der Waals surface area (Å²) in [6.45, 7) is 5.92. The second-order valence-corrected chi connectivity index (χ2v) is 5.10. The molecule has 18 heavy (non-hydrogen) atoms. The molecule has 0 saturated carbocycles. The smallest absolute Gasteiger partial charge is 0.270 e. The normalized spacial score (nSPS) is 13.4. The Morgan fingerprint density at radius 1 is 1.61 bits per heavy atom. The summed E-state index contributed by atoms with van der Waals surface area (Å²) in [4.78, 5) is 11.7. The lowest BCUT2D eigenvalue weighted by Gasteiger charge is -2.17. The standard InChI is InChI=1S/C12H21N3O3/c1-9(13)8-18-10-6-11(16)15(14-7-10)5-4-12(2,3)17/h6-7,9,17H,4-5,8,13H2,1-3H3. The van der Waals surface area contributed by atoms with Crippen molar-refractivity contribution in [2.75, 3.05) is 6.61 Å². The zero-order valence-electron chi connectivity index (χ0n) is 11.1. The number of hydrogen-bond acceptors (Lipinski definition) is 5. The minimum atomic E-state index is -0.814. The molecule has 6 nitrogen and oxygen atoms in total. The van der Waals surface area contributed by atoms with E-state index in [1.807, 2.05) is 6.92 Å². The third-order valence-electron chi connectivity index (χ3n) is 2.29. The average molecular weight is 255 g/mol. The quantitative estimate of drug-likeness (QED) is 0.754. The van der Waals surface area contributed by atoms with Crippen LogP contribution in [0, 0.1) is 0 Å². The van der Waals surface area contributed by atoms with Crippen LogP contribution in [0.15, 0.2) is 17.1 Å². The highest BCUT2D eigenvalue weighted by Gasteiger charge is 2.13. The van der Waals surface area contributed by atoms with E-state index in [0.717, 1.165) is 0 Å². The van der Waals surface area contributed by atoms with E-state index in [-0.39, 0.29) is 11.6 Å². The van der Waals surface area contributed by atoms with Crippen LogP contribution in [0.4, 0.5) is 0 Å². The highest BCUT2D eigenvalue weighted by atomic mass is 16.5. The lowest BCUT2D eigenvalue weighted by molar-refractivity contribution is 0.0646. The van der Waals surface area contributed by atoms with Gasteiger partial charge in [0, 0.05) is 18.7 Å². The van der Waals surface area contributed by atoms with Crippen LogP contribution in [0.25, 0.3) is 0 Å². The zero-order valence-corrected chi connectivity index (χ0v) is 11.1. The van der Waals surface area contributed by atoms with E-state index in [9.17, 15) is 9.90 Å². The van der Waals surface area contributed by atoms with Gasteiger partial charge in [-0.3, -0.25) is 4.79 Å². The SMILES string of the molecule is CC(N)COc1cnn(CCC(C)(C)O)c(=O)c1. The summed E-state index contributed by atoms with van der Waals surface area (Å²) in [6, 6.07) is 1.28. The van der Waals surface area contributed by atoms with Crippen LogP contribution < -0.4 is 16.0 Å². The first-order valence-corrected chi connectivity index (χ1v) is 5.96. The summed E-state index contributed by atoms with van der Waals surface area (Å²) in [5.41, 5.74) is 4.48. The van der Waals surface area contributed by atoms with Gasteiger partial charge in [-0.1, -0.05) is 0 Å². The second kappa shape index (κ2) is 5.97. The molecule has 1 aromatic rings. The van der Waals surface area contributed by atoms with Gasteiger partial charge >= 0.3 is 0 Å². The van der Waals surface area contributed by atoms with E-state index < -0.39 is 5.60 Å². The fourth-order valence-corrected chi connectivity index (χ4v) is 1.27. The van der Waals surface area contributed by atoms with Crippen molar-refractivity contribution in [3.8, 4) is 5.75 Å². The van der Waals surface area contributed by atoms with E-state index in [1.165, 1.54) is 16.9 Å². The maximum absolute atomic E-state index is 11.7. The molecule has 0 amide bonds. The molecule has 1 heterocycles. The Bertz CT molecular complexity index is 435. The fourth-order valence-electron chi connectivity index (χ4n) is 1.27. The van der Waals surface area contributed by atoms with Crippen molar-refractivity contribution in [3.05, 3.63) is 22.6 Å². The van der Waals surface area contributed by atoms with Crippen LogP contribution in [0.2, 0.25) is 0 Å². The predicted octanol–water partition coefficient (Wildman–Crippen LogP) is 0.130. The summed E-state index contributed by atoms with van der Waals surface area (Å²) in [5, 5.41) is 13.6. The van der Waals surface area contributed by atoms with Gasteiger partial charge in [-0.15, -0.1) is 0 Å². The lowest BCUT2D eigenvalue weighted by atomic mass is 10.1. The highest BCUT2D eigenvalue weighted by Crippen LogP contribution is 2.08. The van der Waals surface area contributed by atoms with Gasteiger partial charge in [-0.05, 0) is 27.2 Å². The van der Waals surface area contributed by atoms with Gasteiger partial charge in [-0.25, -0.2) is 4.68 Å². The Kier molecular flexibility index (Phi) is 4.86. The topological polar surface area (TPSA) is 90.4 Å². The van der Waals surface area contributed by atoms with E-state index in [2.05, 4.69) is 5.10 Å². The van der Waals surface area contributed by atoms with Crippen LogP contribution >= 0.6 is 0 Å². The molecule has 1 rings (SSSR count). The zero-order chi connectivity index (χ0) is 13.8. The number of ether oxygens (including phenoxy) is 1. The van der Waals surface area contributed by atoms with Crippen LogP contribution in [0.1, 0.15) is 27.2 Å². The minimum absolute atomic E-state index is 0.0948. The van der Waals surface area contributed by atoms with Gasteiger partial charge in [0.15, 0.2) is 0 Å². The molecule has 1 atom stereocenters. The summed E-state index contributed by atoms with van der Waals surface area (Å²) >= 11 is 0. The Hall–Kier alpha value is -1.40. The molecule has 0 radical (unpaired) electrons. The maximum atomic E-state index is 11.7. The Morgan fingerprint density at radius 2 is 2.28 bits per heavy atom. The van der Waals surface area contributed by atoms with Crippen molar-refractivity contribution < 1.29 is 9.84 Å². The Balaban J connectivity index is 2.65. The molecule has 0 aliphatic rings. The van der Waals surface area contributed by atoms with Gasteiger partial charge in [0.1, 0.15) is 12.4 Å². The molecule has 0 aliphatic heterocycles. The molecule has 0 spiro atoms. The van der Waals surface area contributed by atoms with Gasteiger partial charge in [0.25, 0.3) is 5.56 Å². The van der Waals surface area contributed by atoms with Gasteiger partial charge in [-0.2, -0.15) is 5.10 Å². The lowest BCUT2D eigenvalue weighted by Crippen LogP contribution is -2.28. The predicted molar refractivity (Wildman–Crippen MR) is 68.6 cm³/mol. The number of hydrogen-bond donors (Lipinski definition) is 2. The summed E-state index contributed by atoms with van der Waals surface area (Å²) < 4.78 is 6.60. The molecule has 0 fully saturated rings. The molecule has 0 bridgehead atoms. The first-order valence-electron chi connectivity index (χ1n) is 5.96. The average Bonchev–Trinajstić information content (AvgIpc) is 2.23. The summed E-state index contributed by atoms with van der Waals surface area (Å²) in [6.07, 6.45) is 1.94. The third kappa shape index (κ3) is 5.29. The second-order valence-electron chi connectivity index (χ2n) is 5.10. The van der Waals surface area contributed by atoms with Crippen molar-refractivity contribution >= 4 is 0 Å². The van der Waals surface area contributed by atoms with Gasteiger partial charge < -0.3 is 15.6 Å². The van der Waals surface area contributed by atoms with Crippen molar-refractivity contribution in [3.63, 3.8) is 0 Å². The van der Waals surface area contributed by atoms with Crippen molar-refractivity contribution in [1.29, 1.82) is 0 Å². The summed E-state index contributed by atoms with van der Waals surface area (Å²) in [7, 11) is 0. The van der Waals surface area contributed by atoms with Crippen LogP contribution in [0.5, 0.6) is 5.75 Å². The molecular formula is C12H21N3O3. The molecule has 3 N–H and O–H groups in total. The van der Waals surface area contributed by atoms with E-state index in [1.54, 1.807) is 13.8 Å². The summed E-state index contributed by atoms with van der Waals surface area (Å²) in [5.74, 6) is 0.414. The number of aromatic nitrogens is 2. The van der Waals surface area contributed by atoms with Crippen molar-refractivity contribution in [2.45, 2.75) is 45.4 Å². The largest absolute Gasteiger partial charge is 0.490 e. The van der Waals surface area contributed by atoms with Gasteiger partial charge in [0.05, 0.1) is 11.8 Å². The highest BCUT2D eigenvalue weighted by molar-refractivity contribution is 5.13. The van der Waals surface area contributed by atoms with Gasteiger partial charge in [0.2, 0.25) is 0 Å². The Labute approximate surface area is 106 Å². The van der Waals surface area contributed by atoms with Crippen molar-refractivity contribution in [1.82, 2.24) is 9.78 Å². The Morgan fingerprint density at radius 3 is 2.78 bits per heavy atom. The van der Waals surface area contributed by atoms with Crippen LogP contribution in [-0.2, 0) is 6.54 Å². The van der Waals surface area contributed by atoms with E-state index in [4.69, 9.17) is 10.5 Å². The van der Waals surface area contributed by atoms with Crippen LogP contribution in [-0.4, -0.2) is 33.1 Å². The third-order valence-corrected chi connectivity index (χ3v) is 2.29. The van der Waals surface area contributed by atoms with Crippen LogP contribution in [0.3, 0.4) is 0 Å². The molecule has 1 unspecified atom stereocenters.